The van der Waals surface area contributed by atoms with Crippen LogP contribution >= 0.6 is 0 Å². The van der Waals surface area contributed by atoms with Gasteiger partial charge in [-0.05, 0) is 18.2 Å². The molecule has 0 heterocycles. The zero-order chi connectivity index (χ0) is 14.8. The number of aliphatic hydroxyl groups excluding tert-OH is 3. The van der Waals surface area contributed by atoms with Gasteiger partial charge in [0.1, 0.15) is 23.9 Å². The molecule has 0 aliphatic heterocycles. The van der Waals surface area contributed by atoms with E-state index in [0.717, 1.165) is 0 Å². The zero-order valence-corrected chi connectivity index (χ0v) is 10.6. The minimum atomic E-state index is -2.16. The Morgan fingerprint density at radius 2 is 1.85 bits per heavy atom. The summed E-state index contributed by atoms with van der Waals surface area (Å²) in [5, 5.41) is 38.6. The third-order valence-electron chi connectivity index (χ3n) is 3.32. The van der Waals surface area contributed by atoms with Crippen LogP contribution in [-0.4, -0.2) is 56.9 Å². The Kier molecular flexibility index (Phi) is 4.20. The second kappa shape index (κ2) is 5.72. The van der Waals surface area contributed by atoms with Crippen LogP contribution in [-0.2, 0) is 4.74 Å². The Morgan fingerprint density at radius 1 is 1.20 bits per heavy atom. The van der Waals surface area contributed by atoms with Crippen molar-refractivity contribution in [2.24, 2.45) is 0 Å². The first-order valence-electron chi connectivity index (χ1n) is 6.13. The van der Waals surface area contributed by atoms with Crippen LogP contribution in [0.15, 0.2) is 42.5 Å². The van der Waals surface area contributed by atoms with Crippen LogP contribution in [0.4, 0.5) is 0 Å². The van der Waals surface area contributed by atoms with E-state index in [9.17, 15) is 20.1 Å². The van der Waals surface area contributed by atoms with Crippen LogP contribution in [0.1, 0.15) is 10.4 Å². The number of carbonyl (C=O) groups excluding carboxylic acids is 1. The van der Waals surface area contributed by atoms with Gasteiger partial charge in [-0.2, -0.15) is 0 Å². The Labute approximate surface area is 115 Å². The lowest BCUT2D eigenvalue weighted by Crippen LogP contribution is -2.61. The quantitative estimate of drug-likeness (QED) is 0.428. The molecule has 1 aromatic rings. The predicted molar refractivity (Wildman–Crippen MR) is 68.8 cm³/mol. The highest BCUT2D eigenvalue weighted by Gasteiger charge is 2.48. The van der Waals surface area contributed by atoms with Crippen LogP contribution in [0, 0.1) is 0 Å². The van der Waals surface area contributed by atoms with Gasteiger partial charge in [-0.1, -0.05) is 24.3 Å². The van der Waals surface area contributed by atoms with Crippen molar-refractivity contribution in [1.82, 2.24) is 0 Å². The van der Waals surface area contributed by atoms with Gasteiger partial charge >= 0.3 is 5.97 Å². The molecule has 108 valence electrons. The fourth-order valence-electron chi connectivity index (χ4n) is 2.00. The van der Waals surface area contributed by atoms with Crippen LogP contribution < -0.4 is 0 Å². The summed E-state index contributed by atoms with van der Waals surface area (Å²) in [6.07, 6.45) is -1.76. The molecule has 1 aliphatic carbocycles. The molecule has 6 heteroatoms. The smallest absolute Gasteiger partial charge is 0.338 e. The lowest BCUT2D eigenvalue weighted by Gasteiger charge is -2.39. The fraction of sp³-hybridized carbons (Fsp3) is 0.357. The van der Waals surface area contributed by atoms with Gasteiger partial charge in [-0.15, -0.1) is 0 Å². The Morgan fingerprint density at radius 3 is 2.45 bits per heavy atom. The molecule has 0 aromatic heterocycles. The van der Waals surface area contributed by atoms with Crippen molar-refractivity contribution in [3.63, 3.8) is 0 Å². The van der Waals surface area contributed by atoms with Crippen molar-refractivity contribution in [2.75, 3.05) is 6.61 Å². The third-order valence-corrected chi connectivity index (χ3v) is 3.32. The summed E-state index contributed by atoms with van der Waals surface area (Å²) in [4.78, 5) is 11.9. The van der Waals surface area contributed by atoms with E-state index in [-0.39, 0.29) is 0 Å². The summed E-state index contributed by atoms with van der Waals surface area (Å²) in [6, 6.07) is 8.17. The van der Waals surface area contributed by atoms with Gasteiger partial charge < -0.3 is 25.2 Å². The normalized spacial score (nSPS) is 32.9. The topological polar surface area (TPSA) is 107 Å². The zero-order valence-electron chi connectivity index (χ0n) is 10.6. The van der Waals surface area contributed by atoms with E-state index < -0.39 is 36.5 Å². The lowest BCUT2D eigenvalue weighted by molar-refractivity contribution is -0.182. The molecule has 0 radical (unpaired) electrons. The van der Waals surface area contributed by atoms with Crippen LogP contribution in [0.2, 0.25) is 0 Å². The minimum absolute atomic E-state index is 0.298. The molecule has 0 bridgehead atoms. The van der Waals surface area contributed by atoms with Crippen LogP contribution in [0.25, 0.3) is 0 Å². The number of hydrogen-bond donors (Lipinski definition) is 4. The summed E-state index contributed by atoms with van der Waals surface area (Å²) in [5.74, 6) is -0.670. The molecule has 0 amide bonds. The average Bonchev–Trinajstić information content (AvgIpc) is 2.48. The number of ether oxygens (including phenoxy) is 1. The molecule has 1 aromatic carbocycles. The number of hydrogen-bond acceptors (Lipinski definition) is 6. The highest BCUT2D eigenvalue weighted by atomic mass is 16.6. The van der Waals surface area contributed by atoms with Crippen molar-refractivity contribution in [1.29, 1.82) is 0 Å². The SMILES string of the molecule is O=C(OC1C=CC(O)C(O)(CO)C1O)c1ccccc1. The third kappa shape index (κ3) is 2.59. The van der Waals surface area contributed by atoms with E-state index in [0.29, 0.717) is 5.56 Å². The molecular weight excluding hydrogens is 264 g/mol. The number of rotatable bonds is 3. The molecule has 1 aliphatic rings. The van der Waals surface area contributed by atoms with Gasteiger partial charge in [0.15, 0.2) is 0 Å². The van der Waals surface area contributed by atoms with Gasteiger partial charge in [-0.25, -0.2) is 4.79 Å². The first-order chi connectivity index (χ1) is 9.49. The maximum atomic E-state index is 11.9. The Balaban J connectivity index is 2.14. The van der Waals surface area contributed by atoms with E-state index >= 15 is 0 Å². The van der Waals surface area contributed by atoms with E-state index in [4.69, 9.17) is 9.84 Å². The van der Waals surface area contributed by atoms with Crippen LogP contribution in [0.3, 0.4) is 0 Å². The molecule has 0 saturated carbocycles. The monoisotopic (exact) mass is 280 g/mol. The first-order valence-corrected chi connectivity index (χ1v) is 6.13. The summed E-state index contributed by atoms with van der Waals surface area (Å²) in [7, 11) is 0. The maximum absolute atomic E-state index is 11.9. The van der Waals surface area contributed by atoms with Gasteiger partial charge in [0.25, 0.3) is 0 Å². The van der Waals surface area contributed by atoms with Crippen molar-refractivity contribution < 1.29 is 30.0 Å². The summed E-state index contributed by atoms with van der Waals surface area (Å²) in [5.41, 5.74) is -1.86. The van der Waals surface area contributed by atoms with Crippen molar-refractivity contribution >= 4 is 5.97 Å². The van der Waals surface area contributed by atoms with Crippen molar-refractivity contribution in [2.45, 2.75) is 23.9 Å². The molecule has 20 heavy (non-hydrogen) atoms. The second-order valence-corrected chi connectivity index (χ2v) is 4.66. The maximum Gasteiger partial charge on any atom is 0.338 e. The summed E-state index contributed by atoms with van der Waals surface area (Å²) in [6.45, 7) is -0.862. The molecule has 4 unspecified atom stereocenters. The minimum Gasteiger partial charge on any atom is -0.452 e. The number of aliphatic hydroxyl groups is 4. The molecule has 0 fully saturated rings. The molecule has 2 rings (SSSR count). The predicted octanol–water partition coefficient (Wildman–Crippen LogP) is -0.773. The second-order valence-electron chi connectivity index (χ2n) is 4.66. The van der Waals surface area contributed by atoms with Gasteiger partial charge in [0.2, 0.25) is 0 Å². The summed E-state index contributed by atoms with van der Waals surface area (Å²) >= 11 is 0. The molecule has 4 atom stereocenters. The van der Waals surface area contributed by atoms with Gasteiger partial charge in [0, 0.05) is 0 Å². The van der Waals surface area contributed by atoms with Gasteiger partial charge in [0.05, 0.1) is 12.2 Å². The molecule has 0 saturated heterocycles. The summed E-state index contributed by atoms with van der Waals surface area (Å²) < 4.78 is 5.08. The number of carbonyl (C=O) groups is 1. The van der Waals surface area contributed by atoms with Crippen molar-refractivity contribution in [3.05, 3.63) is 48.0 Å². The Bertz CT molecular complexity index is 500. The first kappa shape index (κ1) is 14.7. The lowest BCUT2D eigenvalue weighted by atomic mass is 9.83. The standard InChI is InChI=1S/C14H16O6/c15-8-14(19)11(16)7-6-10(12(14)17)20-13(18)9-4-2-1-3-5-9/h1-7,10-12,15-17,19H,8H2. The molecular formula is C14H16O6. The van der Waals surface area contributed by atoms with E-state index in [1.807, 2.05) is 0 Å². The number of benzene rings is 1. The van der Waals surface area contributed by atoms with E-state index in [2.05, 4.69) is 0 Å². The van der Waals surface area contributed by atoms with Crippen molar-refractivity contribution in [3.8, 4) is 0 Å². The fourth-order valence-corrected chi connectivity index (χ4v) is 2.00. The molecule has 4 N–H and O–H groups in total. The Hall–Kier alpha value is -1.73. The van der Waals surface area contributed by atoms with E-state index in [1.165, 1.54) is 12.2 Å². The highest BCUT2D eigenvalue weighted by Crippen LogP contribution is 2.26. The molecule has 6 nitrogen and oxygen atoms in total. The largest absolute Gasteiger partial charge is 0.452 e. The van der Waals surface area contributed by atoms with Gasteiger partial charge in [-0.3, -0.25) is 0 Å². The average molecular weight is 280 g/mol. The molecule has 0 spiro atoms. The number of esters is 1. The van der Waals surface area contributed by atoms with E-state index in [1.54, 1.807) is 30.3 Å². The van der Waals surface area contributed by atoms with Crippen LogP contribution in [0.5, 0.6) is 0 Å². The highest BCUT2D eigenvalue weighted by molar-refractivity contribution is 5.89.